The van der Waals surface area contributed by atoms with Gasteiger partial charge in [-0.3, -0.25) is 9.59 Å². The first kappa shape index (κ1) is 27.9. The molecule has 6 nitrogen and oxygen atoms in total. The number of rotatable bonds is 8. The fourth-order valence-electron chi connectivity index (χ4n) is 4.68. The lowest BCUT2D eigenvalue weighted by Crippen LogP contribution is -2.51. The highest BCUT2D eigenvalue weighted by Gasteiger charge is 2.48. The van der Waals surface area contributed by atoms with Gasteiger partial charge in [-0.1, -0.05) is 59.6 Å². The summed E-state index contributed by atoms with van der Waals surface area (Å²) in [7, 11) is 0. The van der Waals surface area contributed by atoms with Crippen LogP contribution in [0.15, 0.2) is 94.5 Å². The van der Waals surface area contributed by atoms with Crippen LogP contribution in [0.4, 0.5) is 0 Å². The molecular weight excluding hydrogens is 603 g/mol. The van der Waals surface area contributed by atoms with Crippen molar-refractivity contribution in [2.75, 3.05) is 13.2 Å². The molecule has 6 aromatic rings. The van der Waals surface area contributed by atoms with Gasteiger partial charge in [-0.2, -0.15) is 0 Å². The Morgan fingerprint density at radius 3 is 1.41 bits per heavy atom. The summed E-state index contributed by atoms with van der Waals surface area (Å²) >= 11 is 16.3. The van der Waals surface area contributed by atoms with Crippen LogP contribution in [0.25, 0.3) is 40.3 Å². The largest absolute Gasteiger partial charge is 0.472 e. The second-order valence-electron chi connectivity index (χ2n) is 9.54. The molecule has 0 saturated heterocycles. The highest BCUT2D eigenvalue weighted by molar-refractivity contribution is 7.25. The third-order valence-corrected chi connectivity index (χ3v) is 10.5. The van der Waals surface area contributed by atoms with Crippen molar-refractivity contribution < 1.29 is 19.7 Å². The van der Waals surface area contributed by atoms with Crippen LogP contribution in [-0.4, -0.2) is 34.6 Å². The highest BCUT2D eigenvalue weighted by atomic mass is 35.5. The zero-order valence-corrected chi connectivity index (χ0v) is 24.4. The van der Waals surface area contributed by atoms with Gasteiger partial charge in [-0.25, -0.2) is 0 Å². The summed E-state index contributed by atoms with van der Waals surface area (Å²) in [6.45, 7) is -1.36. The maximum Gasteiger partial charge on any atom is 0.196 e. The molecule has 2 atom stereocenters. The lowest BCUT2D eigenvalue weighted by Gasteiger charge is -2.37. The Kier molecular flexibility index (Phi) is 7.63. The van der Waals surface area contributed by atoms with Gasteiger partial charge in [0.2, 0.25) is 0 Å². The van der Waals surface area contributed by atoms with Crippen LogP contribution in [0.3, 0.4) is 0 Å². The van der Waals surface area contributed by atoms with Gasteiger partial charge in [0.25, 0.3) is 0 Å². The van der Waals surface area contributed by atoms with E-state index in [0.717, 1.165) is 9.40 Å². The van der Waals surface area contributed by atoms with Gasteiger partial charge < -0.3 is 19.7 Å². The van der Waals surface area contributed by atoms with Gasteiger partial charge in [-0.15, -0.1) is 22.7 Å². The molecule has 4 aromatic carbocycles. The second-order valence-corrected chi connectivity index (χ2v) is 12.4. The van der Waals surface area contributed by atoms with Crippen molar-refractivity contribution in [3.63, 3.8) is 0 Å². The number of aliphatic hydroxyl groups excluding tert-OH is 2. The summed E-state index contributed by atoms with van der Waals surface area (Å²) in [5, 5.41) is 23.1. The smallest absolute Gasteiger partial charge is 0.196 e. The molecule has 0 amide bonds. The Labute approximate surface area is 251 Å². The minimum absolute atomic E-state index is 0.137. The minimum Gasteiger partial charge on any atom is -0.472 e. The van der Waals surface area contributed by atoms with Crippen LogP contribution in [0, 0.1) is 5.41 Å². The number of benzene rings is 4. The first-order valence-corrected chi connectivity index (χ1v) is 15.1. The normalized spacial score (nSPS) is 13.6. The summed E-state index contributed by atoms with van der Waals surface area (Å²) in [5.74, 6) is 0.612. The first-order valence-electron chi connectivity index (χ1n) is 12.6. The molecule has 0 radical (unpaired) electrons. The Morgan fingerprint density at radius 2 is 1.00 bits per heavy atom. The van der Waals surface area contributed by atoms with E-state index in [1.807, 2.05) is 36.4 Å². The highest BCUT2D eigenvalue weighted by Crippen LogP contribution is 2.41. The standard InChI is InChI=1S/C31H22Cl2O6S2/c32-29(38-21-11-5-9-19-25(36)17-7-1-3-13-23(17)40-27(19)21)31(15-34,16-35)30(33)39-22-12-6-10-20-26(37)18-8-2-4-14-24(18)41-28(20)22/h1-14,29-30,34-35H,15-16H2. The van der Waals surface area contributed by atoms with Crippen molar-refractivity contribution in [1.82, 2.24) is 0 Å². The van der Waals surface area contributed by atoms with Crippen LogP contribution in [0.1, 0.15) is 0 Å². The summed E-state index contributed by atoms with van der Waals surface area (Å²) < 4.78 is 14.9. The summed E-state index contributed by atoms with van der Waals surface area (Å²) in [5.41, 5.74) is -4.69. The third kappa shape index (κ3) is 4.74. The Balaban J connectivity index is 1.37. The van der Waals surface area contributed by atoms with Crippen molar-refractivity contribution in [2.45, 2.75) is 11.1 Å². The van der Waals surface area contributed by atoms with Crippen LogP contribution in [0.2, 0.25) is 0 Å². The number of hydrogen-bond acceptors (Lipinski definition) is 8. The molecule has 10 heteroatoms. The Hall–Kier alpha value is -3.24. The molecule has 6 rings (SSSR count). The number of fused-ring (bicyclic) bond motifs is 4. The molecule has 2 heterocycles. The van der Waals surface area contributed by atoms with Gasteiger partial charge >= 0.3 is 0 Å². The fourth-order valence-corrected chi connectivity index (χ4v) is 7.69. The Morgan fingerprint density at radius 1 is 0.610 bits per heavy atom. The van der Waals surface area contributed by atoms with Gasteiger partial charge in [-0.05, 0) is 48.5 Å². The molecule has 0 aliphatic heterocycles. The van der Waals surface area contributed by atoms with Crippen LogP contribution >= 0.6 is 45.9 Å². The lowest BCUT2D eigenvalue weighted by molar-refractivity contribution is -0.0501. The van der Waals surface area contributed by atoms with Crippen molar-refractivity contribution in [3.05, 3.63) is 105 Å². The monoisotopic (exact) mass is 624 g/mol. The van der Waals surface area contributed by atoms with Gasteiger partial charge in [0.1, 0.15) is 16.9 Å². The lowest BCUT2D eigenvalue weighted by atomic mass is 9.91. The minimum atomic E-state index is -1.68. The molecule has 0 fully saturated rings. The van der Waals surface area contributed by atoms with E-state index in [9.17, 15) is 19.8 Å². The van der Waals surface area contributed by atoms with E-state index >= 15 is 0 Å². The van der Waals surface area contributed by atoms with E-state index in [1.165, 1.54) is 22.7 Å². The first-order chi connectivity index (χ1) is 19.9. The van der Waals surface area contributed by atoms with E-state index in [0.29, 0.717) is 42.4 Å². The van der Waals surface area contributed by atoms with E-state index < -0.39 is 29.8 Å². The van der Waals surface area contributed by atoms with Crippen LogP contribution in [-0.2, 0) is 0 Å². The van der Waals surface area contributed by atoms with E-state index in [2.05, 4.69) is 0 Å². The molecule has 2 aromatic heterocycles. The predicted molar refractivity (Wildman–Crippen MR) is 168 cm³/mol. The van der Waals surface area contributed by atoms with E-state index in [-0.39, 0.29) is 10.9 Å². The molecule has 0 spiro atoms. The molecule has 0 aliphatic carbocycles. The number of hydrogen-bond donors (Lipinski definition) is 2. The number of halogens is 2. The fraction of sp³-hybridized carbons (Fsp3) is 0.161. The quantitative estimate of drug-likeness (QED) is 0.145. The van der Waals surface area contributed by atoms with Gasteiger partial charge in [0, 0.05) is 30.9 Å². The topological polar surface area (TPSA) is 93.1 Å². The van der Waals surface area contributed by atoms with E-state index in [4.69, 9.17) is 32.7 Å². The maximum absolute atomic E-state index is 13.1. The van der Waals surface area contributed by atoms with Crippen molar-refractivity contribution >= 4 is 86.2 Å². The molecule has 0 bridgehead atoms. The number of alkyl halides is 2. The molecular formula is C31H22Cl2O6S2. The van der Waals surface area contributed by atoms with Crippen molar-refractivity contribution in [3.8, 4) is 11.5 Å². The molecule has 2 N–H and O–H groups in total. The van der Waals surface area contributed by atoms with Gasteiger partial charge in [0.05, 0.1) is 22.6 Å². The predicted octanol–water partition coefficient (Wildman–Crippen LogP) is 6.70. The van der Waals surface area contributed by atoms with Crippen LogP contribution in [0.5, 0.6) is 11.5 Å². The molecule has 0 aliphatic rings. The summed E-state index contributed by atoms with van der Waals surface area (Å²) in [4.78, 5) is 26.3. The maximum atomic E-state index is 13.1. The zero-order chi connectivity index (χ0) is 28.7. The summed E-state index contributed by atoms with van der Waals surface area (Å²) in [6, 6.07) is 24.7. The van der Waals surface area contributed by atoms with Crippen molar-refractivity contribution in [1.29, 1.82) is 0 Å². The van der Waals surface area contributed by atoms with Crippen LogP contribution < -0.4 is 20.3 Å². The average molecular weight is 626 g/mol. The average Bonchev–Trinajstić information content (AvgIpc) is 2.99. The van der Waals surface area contributed by atoms with E-state index in [1.54, 1.807) is 48.5 Å². The molecule has 0 saturated carbocycles. The zero-order valence-electron chi connectivity index (χ0n) is 21.3. The molecule has 208 valence electrons. The number of aliphatic hydroxyl groups is 2. The number of ether oxygens (including phenoxy) is 2. The Bertz CT molecular complexity index is 1890. The summed E-state index contributed by atoms with van der Waals surface area (Å²) in [6.07, 6.45) is 0. The van der Waals surface area contributed by atoms with Crippen molar-refractivity contribution in [2.24, 2.45) is 5.41 Å². The third-order valence-electron chi connectivity index (χ3n) is 7.09. The second kappa shape index (κ2) is 11.2. The van der Waals surface area contributed by atoms with Gasteiger partial charge in [0.15, 0.2) is 22.0 Å². The molecule has 2 unspecified atom stereocenters. The molecule has 41 heavy (non-hydrogen) atoms. The SMILES string of the molecule is O=c1c2ccccc2sc2c(OC(Cl)C(CO)(CO)C(Cl)Oc3cccc4c(=O)c5ccccc5sc34)cccc12.